The van der Waals surface area contributed by atoms with Crippen molar-refractivity contribution in [1.29, 1.82) is 0 Å². The Labute approximate surface area is 539 Å². The van der Waals surface area contributed by atoms with Gasteiger partial charge in [0.25, 0.3) is 6.43 Å². The van der Waals surface area contributed by atoms with Crippen LogP contribution in [0, 0.1) is 92.5 Å². The van der Waals surface area contributed by atoms with Crippen LogP contribution in [0.3, 0.4) is 0 Å². The fourth-order valence-corrected chi connectivity index (χ4v) is 6.96. The van der Waals surface area contributed by atoms with Crippen LogP contribution < -0.4 is 0 Å². The number of aromatic nitrogens is 6. The number of pyridine rings is 4. The van der Waals surface area contributed by atoms with E-state index in [2.05, 4.69) is 167 Å². The summed E-state index contributed by atoms with van der Waals surface area (Å²) >= 11 is 20.3. The minimum atomic E-state index is -4.33. The zero-order chi connectivity index (χ0) is 63.9. The van der Waals surface area contributed by atoms with E-state index in [1.807, 2.05) is 107 Å². The van der Waals surface area contributed by atoms with Crippen LogP contribution in [0.4, 0.5) is 26.3 Å². The fraction of sp³-hybridized carbons (Fsp3) is 0.206. The van der Waals surface area contributed by atoms with E-state index in [4.69, 9.17) is 23.2 Å². The molecule has 0 fully saturated rings. The van der Waals surface area contributed by atoms with Gasteiger partial charge < -0.3 is 0 Å². The molecule has 85 heavy (non-hydrogen) atoms. The molecule has 0 spiro atoms. The predicted octanol–water partition coefficient (Wildman–Crippen LogP) is 22.5. The summed E-state index contributed by atoms with van der Waals surface area (Å²) in [6, 6.07) is 53.1. The van der Waals surface area contributed by atoms with E-state index in [1.165, 1.54) is 67.2 Å². The van der Waals surface area contributed by atoms with Crippen LogP contribution in [0.1, 0.15) is 84.8 Å². The minimum Gasteiger partial charge on any atom is -0.258 e. The highest BCUT2D eigenvalue weighted by Crippen LogP contribution is 2.29. The molecule has 0 saturated carbocycles. The summed E-state index contributed by atoms with van der Waals surface area (Å²) in [7, 11) is 0. The van der Waals surface area contributed by atoms with Crippen molar-refractivity contribution >= 4 is 77.7 Å². The molecule has 0 amide bonds. The van der Waals surface area contributed by atoms with Crippen LogP contribution in [0.15, 0.2) is 216 Å². The zero-order valence-corrected chi connectivity index (χ0v) is 56.4. The summed E-state index contributed by atoms with van der Waals surface area (Å²) in [5.74, 6) is -0.132. The van der Waals surface area contributed by atoms with E-state index in [-0.39, 0.29) is 17.1 Å². The highest BCUT2D eigenvalue weighted by atomic mass is 127. The highest BCUT2D eigenvalue weighted by Gasteiger charge is 2.33. The second kappa shape index (κ2) is 43.3. The third kappa shape index (κ3) is 34.4. The zero-order valence-electron chi connectivity index (χ0n) is 49.5. The molecule has 0 bridgehead atoms. The Morgan fingerprint density at radius 2 is 0.788 bits per heavy atom. The molecule has 0 aliphatic rings. The lowest BCUT2D eigenvalue weighted by Crippen LogP contribution is -2.09. The molecule has 5 aromatic heterocycles. The maximum atomic E-state index is 12.3. The Morgan fingerprint density at radius 1 is 0.388 bits per heavy atom. The average Bonchev–Trinajstić information content (AvgIpc) is 3.63. The van der Waals surface area contributed by atoms with Gasteiger partial charge in [-0.25, -0.2) is 23.1 Å². The fourth-order valence-electron chi connectivity index (χ4n) is 5.79. The number of hydrogen-bond donors (Lipinski definition) is 0. The van der Waals surface area contributed by atoms with Crippen molar-refractivity contribution in [3.63, 3.8) is 0 Å². The summed E-state index contributed by atoms with van der Waals surface area (Å²) in [5, 5.41) is 1.43. The SMILES string of the molecule is Cc1ccccc1Br.Cc1ccccc1C.Cc1ccccc1Cl.Cc1ccccc1F.Cc1ccccc1I.Cc1cccnc1Br.Cc1cccnc1C(F)(F)F.Cc1cccnc1C(F)F.Cc1cccnc1Cl.Cc1nccnc1C. The van der Waals surface area contributed by atoms with Crippen molar-refractivity contribution in [3.05, 3.63) is 314 Å². The molecule has 0 aliphatic heterocycles. The summed E-state index contributed by atoms with van der Waals surface area (Å²) in [5.41, 5.74) is 11.2. The lowest BCUT2D eigenvalue weighted by atomic mass is 10.1. The Morgan fingerprint density at radius 3 is 1.06 bits per heavy atom. The number of aryl methyl sites for hydroxylation is 12. The first kappa shape index (κ1) is 76.6. The molecule has 5 heterocycles. The molecule has 0 saturated heterocycles. The monoisotopic (exact) mass is 1440 g/mol. The van der Waals surface area contributed by atoms with Gasteiger partial charge in [0.05, 0.1) is 11.4 Å². The van der Waals surface area contributed by atoms with Crippen molar-refractivity contribution in [1.82, 2.24) is 29.9 Å². The lowest BCUT2D eigenvalue weighted by Gasteiger charge is -2.06. The van der Waals surface area contributed by atoms with Gasteiger partial charge in [0.2, 0.25) is 0 Å². The third-order valence-electron chi connectivity index (χ3n) is 11.3. The maximum Gasteiger partial charge on any atom is 0.433 e. The molecule has 10 aromatic rings. The van der Waals surface area contributed by atoms with Gasteiger partial charge in [-0.1, -0.05) is 160 Å². The van der Waals surface area contributed by atoms with Gasteiger partial charge in [-0.05, 0) is 226 Å². The van der Waals surface area contributed by atoms with Crippen LogP contribution >= 0.6 is 77.7 Å². The molecule has 0 radical (unpaired) electrons. The molecule has 5 aromatic carbocycles. The van der Waals surface area contributed by atoms with Gasteiger partial charge in [0, 0.05) is 50.2 Å². The van der Waals surface area contributed by atoms with E-state index < -0.39 is 18.3 Å². The number of rotatable bonds is 1. The van der Waals surface area contributed by atoms with Crippen molar-refractivity contribution < 1.29 is 26.3 Å². The largest absolute Gasteiger partial charge is 0.433 e. The van der Waals surface area contributed by atoms with E-state index in [0.717, 1.165) is 38.3 Å². The topological polar surface area (TPSA) is 77.3 Å². The molecular formula is C68H71Br2Cl2F6IN6. The lowest BCUT2D eigenvalue weighted by molar-refractivity contribution is -0.141. The van der Waals surface area contributed by atoms with Crippen LogP contribution in [0.25, 0.3) is 0 Å². The second-order valence-corrected chi connectivity index (χ2v) is 21.7. The normalized spacial score (nSPS) is 9.69. The molecule has 17 heteroatoms. The van der Waals surface area contributed by atoms with E-state index in [0.29, 0.717) is 16.3 Å². The molecule has 0 atom stereocenters. The Kier molecular flexibility index (Phi) is 39.0. The first-order valence-corrected chi connectivity index (χ1v) is 29.5. The van der Waals surface area contributed by atoms with Crippen molar-refractivity contribution in [2.45, 2.75) is 95.7 Å². The average molecular weight is 1440 g/mol. The Hall–Kier alpha value is -6.37. The summed E-state index contributed by atoms with van der Waals surface area (Å²) in [4.78, 5) is 22.6. The molecule has 0 N–H and O–H groups in total. The third-order valence-corrected chi connectivity index (χ3v) is 15.0. The first-order valence-electron chi connectivity index (χ1n) is 26.1. The molecule has 0 unspecified atom stereocenters. The highest BCUT2D eigenvalue weighted by molar-refractivity contribution is 14.1. The van der Waals surface area contributed by atoms with Gasteiger partial charge in [0.15, 0.2) is 0 Å². The predicted molar refractivity (Wildman–Crippen MR) is 356 cm³/mol. The van der Waals surface area contributed by atoms with Crippen LogP contribution in [0.5, 0.6) is 0 Å². The second-order valence-electron chi connectivity index (χ2n) is 18.2. The number of benzene rings is 5. The smallest absolute Gasteiger partial charge is 0.258 e. The van der Waals surface area contributed by atoms with Crippen molar-refractivity contribution in [2.75, 3.05) is 0 Å². The Bertz CT molecular complexity index is 2780. The van der Waals surface area contributed by atoms with Crippen molar-refractivity contribution in [2.24, 2.45) is 0 Å². The van der Waals surface area contributed by atoms with Gasteiger partial charge in [-0.3, -0.25) is 19.9 Å². The van der Waals surface area contributed by atoms with Gasteiger partial charge in [-0.2, -0.15) is 13.2 Å². The summed E-state index contributed by atoms with van der Waals surface area (Å²) in [6.07, 6.45) is 2.55. The van der Waals surface area contributed by atoms with Gasteiger partial charge in [-0.15, -0.1) is 0 Å². The Balaban J connectivity index is 0.000000473. The van der Waals surface area contributed by atoms with Crippen LogP contribution in [0.2, 0.25) is 10.2 Å². The molecule has 6 nitrogen and oxygen atoms in total. The van der Waals surface area contributed by atoms with Crippen LogP contribution in [-0.4, -0.2) is 29.9 Å². The standard InChI is InChI=1S/C8H10.C7H7Br.C7H7Cl.C7H6F3N.C7H7F2N.C7H7F.C7H7I.C6H6BrN.C6H6ClN.C6H8N2/c1-7-5-3-4-6-8(7)2;2*1-6-4-2-3-5-7(6)8;1-5-3-2-4-11-6(5)7(8,9)10;1-5-3-2-4-10-6(5)7(8)9;2*1-6-4-2-3-5-7(6)8;2*1-5-3-2-4-8-6(5)7;1-5-6(2)8-4-3-7-5/h3-6H,1-2H3;2*2-5H,1H3;2-4H,1H3;2-4,7H,1H3;2*2-5H,1H3;2*2-4H,1H3;3-4H,1-2H3. The number of nitrogens with zero attached hydrogens (tertiary/aromatic N) is 6. The van der Waals surface area contributed by atoms with E-state index in [9.17, 15) is 26.3 Å². The van der Waals surface area contributed by atoms with E-state index >= 15 is 0 Å². The number of alkyl halides is 5. The van der Waals surface area contributed by atoms with Crippen LogP contribution in [-0.2, 0) is 6.18 Å². The van der Waals surface area contributed by atoms with Gasteiger partial charge >= 0.3 is 6.18 Å². The molecular weight excluding hydrogens is 1370 g/mol. The van der Waals surface area contributed by atoms with Crippen molar-refractivity contribution in [3.8, 4) is 0 Å². The van der Waals surface area contributed by atoms with Gasteiger partial charge in [0.1, 0.15) is 27.0 Å². The maximum absolute atomic E-state index is 12.3. The quantitative estimate of drug-likeness (QED) is 0.0926. The number of hydrogen-bond acceptors (Lipinski definition) is 6. The summed E-state index contributed by atoms with van der Waals surface area (Å²) < 4.78 is 75.7. The molecule has 10 rings (SSSR count). The number of halogens is 11. The summed E-state index contributed by atoms with van der Waals surface area (Å²) in [6.45, 7) is 23.0. The van der Waals surface area contributed by atoms with E-state index in [1.54, 1.807) is 62.9 Å². The molecule has 450 valence electrons. The molecule has 0 aliphatic carbocycles. The minimum absolute atomic E-state index is 0.123. The first-order chi connectivity index (χ1) is 40.2.